The molecular weight excluding hydrogens is 514 g/mol. The molecule has 4 aromatic rings. The number of halogens is 1. The molecule has 0 amide bonds. The Hall–Kier alpha value is -3.67. The first-order chi connectivity index (χ1) is 17.8. The maximum absolute atomic E-state index is 12.9. The van der Waals surface area contributed by atoms with Crippen molar-refractivity contribution in [1.29, 1.82) is 0 Å². The van der Waals surface area contributed by atoms with Crippen LogP contribution in [0.1, 0.15) is 5.56 Å². The topological polar surface area (TPSA) is 114 Å². The van der Waals surface area contributed by atoms with E-state index in [1.165, 1.54) is 17.1 Å². The van der Waals surface area contributed by atoms with Crippen LogP contribution in [0.3, 0.4) is 0 Å². The third-order valence-corrected chi connectivity index (χ3v) is 7.70. The van der Waals surface area contributed by atoms with E-state index >= 15 is 0 Å². The highest BCUT2D eigenvalue weighted by molar-refractivity contribution is 7.92. The van der Waals surface area contributed by atoms with Crippen LogP contribution in [0.2, 0.25) is 5.02 Å². The molecule has 0 aliphatic carbocycles. The Labute approximate surface area is 220 Å². The van der Waals surface area contributed by atoms with Gasteiger partial charge in [-0.05, 0) is 42.8 Å². The summed E-state index contributed by atoms with van der Waals surface area (Å²) in [6.07, 6.45) is 2.65. The molecule has 5 rings (SSSR count). The molecular formula is C25H26ClN7O3S. The molecule has 2 aromatic carbocycles. The van der Waals surface area contributed by atoms with E-state index in [0.717, 1.165) is 43.0 Å². The van der Waals surface area contributed by atoms with Gasteiger partial charge in [0.2, 0.25) is 11.8 Å². The third-order valence-electron chi connectivity index (χ3n) is 6.00. The van der Waals surface area contributed by atoms with Crippen molar-refractivity contribution < 1.29 is 13.2 Å². The summed E-state index contributed by atoms with van der Waals surface area (Å²) in [5.74, 6) is 0.615. The van der Waals surface area contributed by atoms with Crippen LogP contribution in [0.25, 0.3) is 11.3 Å². The number of piperazine rings is 1. The fourth-order valence-electron chi connectivity index (χ4n) is 4.03. The second-order valence-electron chi connectivity index (χ2n) is 8.62. The van der Waals surface area contributed by atoms with Gasteiger partial charge in [0, 0.05) is 61.8 Å². The molecule has 3 heterocycles. The molecule has 0 atom stereocenters. The molecule has 0 saturated carbocycles. The Balaban J connectivity index is 1.48. The summed E-state index contributed by atoms with van der Waals surface area (Å²) in [6, 6.07) is 14.8. The van der Waals surface area contributed by atoms with E-state index in [2.05, 4.69) is 30.0 Å². The van der Waals surface area contributed by atoms with Crippen molar-refractivity contribution >= 4 is 33.3 Å². The molecule has 2 N–H and O–H groups in total. The van der Waals surface area contributed by atoms with Gasteiger partial charge >= 0.3 is 0 Å². The Morgan fingerprint density at radius 3 is 2.54 bits per heavy atom. The normalized spacial score (nSPS) is 14.0. The summed E-state index contributed by atoms with van der Waals surface area (Å²) < 4.78 is 35.7. The van der Waals surface area contributed by atoms with Gasteiger partial charge in [0.15, 0.2) is 0 Å². The second kappa shape index (κ2) is 10.4. The van der Waals surface area contributed by atoms with Crippen LogP contribution in [0.5, 0.6) is 11.6 Å². The van der Waals surface area contributed by atoms with E-state index in [1.807, 2.05) is 43.3 Å². The number of nitrogens with one attached hydrogen (secondary N) is 2. The highest BCUT2D eigenvalue weighted by Crippen LogP contribution is 2.32. The zero-order chi connectivity index (χ0) is 26.0. The number of hydrogen-bond acceptors (Lipinski definition) is 8. The number of aryl methyl sites for hydroxylation is 1. The Morgan fingerprint density at radius 1 is 1.08 bits per heavy atom. The van der Waals surface area contributed by atoms with E-state index in [0.29, 0.717) is 16.5 Å². The number of aromatic nitrogens is 4. The number of ether oxygens (including phenoxy) is 1. The van der Waals surface area contributed by atoms with Crippen LogP contribution in [-0.2, 0) is 17.1 Å². The maximum Gasteiger partial charge on any atom is 0.267 e. The maximum atomic E-state index is 12.9. The second-order valence-corrected chi connectivity index (χ2v) is 10.7. The number of sulfonamides is 1. The lowest BCUT2D eigenvalue weighted by atomic mass is 10.1. The predicted molar refractivity (Wildman–Crippen MR) is 143 cm³/mol. The zero-order valence-electron chi connectivity index (χ0n) is 20.3. The van der Waals surface area contributed by atoms with Gasteiger partial charge in [0.25, 0.3) is 10.0 Å². The number of nitrogens with zero attached hydrogens (tertiary/aromatic N) is 5. The highest BCUT2D eigenvalue weighted by Gasteiger charge is 2.20. The Kier molecular flexibility index (Phi) is 7.00. The molecule has 0 spiro atoms. The quantitative estimate of drug-likeness (QED) is 0.364. The van der Waals surface area contributed by atoms with Crippen molar-refractivity contribution in [2.24, 2.45) is 7.05 Å². The van der Waals surface area contributed by atoms with Gasteiger partial charge in [0.1, 0.15) is 10.6 Å². The number of benzene rings is 2. The molecule has 12 heteroatoms. The van der Waals surface area contributed by atoms with Crippen molar-refractivity contribution in [1.82, 2.24) is 25.1 Å². The van der Waals surface area contributed by atoms with E-state index < -0.39 is 10.0 Å². The lowest BCUT2D eigenvalue weighted by Crippen LogP contribution is -2.43. The number of rotatable bonds is 7. The van der Waals surface area contributed by atoms with Gasteiger partial charge in [-0.25, -0.2) is 18.1 Å². The average Bonchev–Trinajstić information content (AvgIpc) is 3.34. The number of hydrogen-bond donors (Lipinski definition) is 2. The SMILES string of the molecule is Cc1c(Cl)cccc1-c1cc(Oc2ccc(N3CCNCC3)cc2)nc(NS(=O)(=O)c2cnn(C)c2)n1. The minimum absolute atomic E-state index is 0.00564. The third kappa shape index (κ3) is 5.68. The van der Waals surface area contributed by atoms with Crippen molar-refractivity contribution in [2.75, 3.05) is 35.8 Å². The molecule has 2 aromatic heterocycles. The smallest absolute Gasteiger partial charge is 0.267 e. The van der Waals surface area contributed by atoms with Gasteiger partial charge in [0.05, 0.1) is 11.9 Å². The summed E-state index contributed by atoms with van der Waals surface area (Å²) in [7, 11) is -2.33. The molecule has 0 unspecified atom stereocenters. The standard InChI is InChI=1S/C25H26ClN7O3S/c1-17-21(4-3-5-22(17)26)23-14-24(30-25(29-23)31-37(34,35)20-15-28-32(2)16-20)36-19-8-6-18(7-9-19)33-12-10-27-11-13-33/h3-9,14-16,27H,10-13H2,1-2H3,(H,29,30,31). The van der Waals surface area contributed by atoms with Gasteiger partial charge in [-0.3, -0.25) is 4.68 Å². The van der Waals surface area contributed by atoms with Gasteiger partial charge < -0.3 is 15.0 Å². The summed E-state index contributed by atoms with van der Waals surface area (Å²) >= 11 is 6.34. The fraction of sp³-hybridized carbons (Fsp3) is 0.240. The zero-order valence-corrected chi connectivity index (χ0v) is 21.9. The predicted octanol–water partition coefficient (Wildman–Crippen LogP) is 3.84. The Morgan fingerprint density at radius 2 is 1.84 bits per heavy atom. The first kappa shape index (κ1) is 25.0. The van der Waals surface area contributed by atoms with Gasteiger partial charge in [-0.1, -0.05) is 23.7 Å². The minimum Gasteiger partial charge on any atom is -0.439 e. The van der Waals surface area contributed by atoms with Gasteiger partial charge in [-0.2, -0.15) is 10.1 Å². The Bertz CT molecular complexity index is 1520. The summed E-state index contributed by atoms with van der Waals surface area (Å²) in [4.78, 5) is 11.1. The molecule has 10 nitrogen and oxygen atoms in total. The number of anilines is 2. The first-order valence-electron chi connectivity index (χ1n) is 11.7. The van der Waals surface area contributed by atoms with Crippen LogP contribution in [0.15, 0.2) is 65.8 Å². The molecule has 1 saturated heterocycles. The summed E-state index contributed by atoms with van der Waals surface area (Å²) in [5, 5.41) is 7.85. The van der Waals surface area contributed by atoms with Crippen LogP contribution in [0.4, 0.5) is 11.6 Å². The molecule has 1 fully saturated rings. The molecule has 1 aliphatic rings. The molecule has 1 aliphatic heterocycles. The van der Waals surface area contributed by atoms with Crippen LogP contribution < -0.4 is 19.7 Å². The summed E-state index contributed by atoms with van der Waals surface area (Å²) in [6.45, 7) is 5.64. The molecule has 0 radical (unpaired) electrons. The van der Waals surface area contributed by atoms with Crippen LogP contribution in [-0.4, -0.2) is 54.3 Å². The summed E-state index contributed by atoms with van der Waals surface area (Å²) in [5.41, 5.74) is 3.11. The minimum atomic E-state index is -3.97. The fourth-order valence-corrected chi connectivity index (χ4v) is 5.13. The highest BCUT2D eigenvalue weighted by atomic mass is 35.5. The van der Waals surface area contributed by atoms with Crippen molar-refractivity contribution in [3.63, 3.8) is 0 Å². The monoisotopic (exact) mass is 539 g/mol. The lowest BCUT2D eigenvalue weighted by Gasteiger charge is -2.29. The van der Waals surface area contributed by atoms with Gasteiger partial charge in [-0.15, -0.1) is 0 Å². The van der Waals surface area contributed by atoms with E-state index in [4.69, 9.17) is 16.3 Å². The average molecular weight is 540 g/mol. The largest absolute Gasteiger partial charge is 0.439 e. The van der Waals surface area contributed by atoms with E-state index in [1.54, 1.807) is 19.2 Å². The van der Waals surface area contributed by atoms with Crippen LogP contribution >= 0.6 is 11.6 Å². The van der Waals surface area contributed by atoms with E-state index in [-0.39, 0.29) is 16.7 Å². The van der Waals surface area contributed by atoms with Crippen molar-refractivity contribution in [3.05, 3.63) is 71.5 Å². The first-order valence-corrected chi connectivity index (χ1v) is 13.5. The van der Waals surface area contributed by atoms with Crippen molar-refractivity contribution in [3.8, 4) is 22.9 Å². The molecule has 192 valence electrons. The van der Waals surface area contributed by atoms with Crippen molar-refractivity contribution in [2.45, 2.75) is 11.8 Å². The molecule has 0 bridgehead atoms. The van der Waals surface area contributed by atoms with E-state index in [9.17, 15) is 8.42 Å². The molecule has 37 heavy (non-hydrogen) atoms. The lowest BCUT2D eigenvalue weighted by molar-refractivity contribution is 0.463. The van der Waals surface area contributed by atoms with Crippen LogP contribution in [0, 0.1) is 6.92 Å².